The van der Waals surface area contributed by atoms with E-state index >= 15 is 0 Å². The van der Waals surface area contributed by atoms with Gasteiger partial charge in [-0.25, -0.2) is 0 Å². The lowest BCUT2D eigenvalue weighted by Gasteiger charge is -2.28. The maximum absolute atomic E-state index is 13.7. The van der Waals surface area contributed by atoms with Crippen LogP contribution in [0.4, 0.5) is 0 Å². The molecule has 3 rings (SSSR count). The first-order valence-electron chi connectivity index (χ1n) is 13.9. The van der Waals surface area contributed by atoms with Crippen molar-refractivity contribution in [3.63, 3.8) is 0 Å². The topological polar surface area (TPSA) is 73.6 Å². The van der Waals surface area contributed by atoms with E-state index in [0.717, 1.165) is 40.9 Å². The molecule has 2 aromatic carbocycles. The number of likely N-dealkylation sites (tertiary alicyclic amines) is 1. The zero-order valence-electron chi connectivity index (χ0n) is 24.7. The van der Waals surface area contributed by atoms with E-state index in [9.17, 15) is 9.90 Å². The lowest BCUT2D eigenvalue weighted by atomic mass is 9.78. The maximum Gasteiger partial charge on any atom is 0.182 e. The summed E-state index contributed by atoms with van der Waals surface area (Å²) in [5, 5.41) is 20.1. The number of benzene rings is 2. The molecule has 1 atom stereocenters. The Morgan fingerprint density at radius 2 is 1.68 bits per heavy atom. The molecule has 38 heavy (non-hydrogen) atoms. The quantitative estimate of drug-likeness (QED) is 0.350. The number of phenols is 1. The van der Waals surface area contributed by atoms with Crippen molar-refractivity contribution in [1.82, 2.24) is 4.90 Å². The van der Waals surface area contributed by atoms with E-state index in [1.165, 1.54) is 0 Å². The number of ketones is 1. The maximum atomic E-state index is 13.7. The standard InChI is InChI=1S/C33H46N2O3/c1-10-13-23-19-35(31(34)25(23)16-22-14-11-12-15-29(22)38-21(2)3)20-28(36)24-17-26(32(4,5)6)30(37)27(18-24)33(7,8)9/h11-12,14-18,21,23,34,37H,10,13,19-20H2,1-9H3/b25-16+,34-31?. The van der Waals surface area contributed by atoms with Crippen LogP contribution in [0.5, 0.6) is 11.5 Å². The van der Waals surface area contributed by atoms with Crippen LogP contribution in [0, 0.1) is 11.3 Å². The van der Waals surface area contributed by atoms with E-state index in [0.29, 0.717) is 17.9 Å². The number of carbonyl (C=O) groups is 1. The molecule has 0 spiro atoms. The van der Waals surface area contributed by atoms with Crippen LogP contribution >= 0.6 is 0 Å². The number of nitrogens with zero attached hydrogens (tertiary/aromatic N) is 1. The first-order valence-corrected chi connectivity index (χ1v) is 13.9. The Hall–Kier alpha value is -3.08. The molecule has 0 saturated carbocycles. The van der Waals surface area contributed by atoms with Gasteiger partial charge in [0, 0.05) is 34.7 Å². The van der Waals surface area contributed by atoms with Gasteiger partial charge in [0.15, 0.2) is 5.78 Å². The van der Waals surface area contributed by atoms with Gasteiger partial charge in [0.2, 0.25) is 0 Å². The minimum Gasteiger partial charge on any atom is -0.507 e. The molecule has 5 heteroatoms. The number of aromatic hydroxyl groups is 1. The van der Waals surface area contributed by atoms with Crippen LogP contribution in [-0.2, 0) is 10.8 Å². The SMILES string of the molecule is CCCC1CN(CC(=O)c2cc(C(C)(C)C)c(O)c(C(C)(C)C)c2)C(=N)/C1=C/c1ccccc1OC(C)C. The molecule has 1 aliphatic heterocycles. The summed E-state index contributed by atoms with van der Waals surface area (Å²) in [5.41, 5.74) is 3.43. The van der Waals surface area contributed by atoms with Gasteiger partial charge in [0.1, 0.15) is 17.3 Å². The first-order chi connectivity index (χ1) is 17.6. The fourth-order valence-corrected chi connectivity index (χ4v) is 5.09. The van der Waals surface area contributed by atoms with E-state index in [1.54, 1.807) is 0 Å². The van der Waals surface area contributed by atoms with Gasteiger partial charge in [-0.15, -0.1) is 0 Å². The van der Waals surface area contributed by atoms with Crippen molar-refractivity contribution in [3.05, 3.63) is 64.2 Å². The molecule has 0 aromatic heterocycles. The summed E-state index contributed by atoms with van der Waals surface area (Å²) >= 11 is 0. The number of amidine groups is 1. The zero-order valence-corrected chi connectivity index (χ0v) is 24.7. The van der Waals surface area contributed by atoms with Crippen LogP contribution in [0.25, 0.3) is 6.08 Å². The van der Waals surface area contributed by atoms with E-state index in [-0.39, 0.29) is 40.9 Å². The lowest BCUT2D eigenvalue weighted by molar-refractivity contribution is 0.0963. The third-order valence-corrected chi connectivity index (χ3v) is 7.08. The average Bonchev–Trinajstić information content (AvgIpc) is 3.07. The van der Waals surface area contributed by atoms with Crippen LogP contribution in [-0.4, -0.2) is 40.8 Å². The summed E-state index contributed by atoms with van der Waals surface area (Å²) < 4.78 is 6.02. The van der Waals surface area contributed by atoms with E-state index in [4.69, 9.17) is 10.1 Å². The van der Waals surface area contributed by atoms with Gasteiger partial charge in [0.05, 0.1) is 12.6 Å². The lowest BCUT2D eigenvalue weighted by Crippen LogP contribution is -2.31. The molecule has 2 aromatic rings. The Balaban J connectivity index is 1.96. The van der Waals surface area contributed by atoms with Crippen LogP contribution in [0.1, 0.15) is 102 Å². The third-order valence-electron chi connectivity index (χ3n) is 7.08. The minimum atomic E-state index is -0.311. The van der Waals surface area contributed by atoms with Gasteiger partial charge >= 0.3 is 0 Å². The number of Topliss-reactive ketones (excluding diaryl/α,β-unsaturated/α-hetero) is 1. The van der Waals surface area contributed by atoms with Crippen molar-refractivity contribution in [2.24, 2.45) is 5.92 Å². The fourth-order valence-electron chi connectivity index (χ4n) is 5.09. The van der Waals surface area contributed by atoms with Gasteiger partial charge in [-0.3, -0.25) is 10.2 Å². The van der Waals surface area contributed by atoms with Gasteiger partial charge in [-0.05, 0) is 60.9 Å². The molecule has 1 heterocycles. The number of rotatable bonds is 8. The van der Waals surface area contributed by atoms with Gasteiger partial charge in [-0.2, -0.15) is 0 Å². The molecule has 206 valence electrons. The van der Waals surface area contributed by atoms with Crippen molar-refractivity contribution >= 4 is 17.7 Å². The zero-order chi connectivity index (χ0) is 28.4. The predicted octanol–water partition coefficient (Wildman–Crippen LogP) is 7.75. The molecular formula is C33H46N2O3. The molecule has 1 unspecified atom stereocenters. The number of hydrogen-bond donors (Lipinski definition) is 2. The Morgan fingerprint density at radius 3 is 2.21 bits per heavy atom. The smallest absolute Gasteiger partial charge is 0.182 e. The van der Waals surface area contributed by atoms with Crippen molar-refractivity contribution in [1.29, 1.82) is 5.41 Å². The number of hydrogen-bond acceptors (Lipinski definition) is 4. The minimum absolute atomic E-state index is 0.0363. The molecule has 1 aliphatic rings. The van der Waals surface area contributed by atoms with Crippen LogP contribution < -0.4 is 4.74 Å². The van der Waals surface area contributed by atoms with E-state index in [2.05, 4.69) is 13.0 Å². The normalized spacial score (nSPS) is 17.5. The molecule has 0 bridgehead atoms. The monoisotopic (exact) mass is 518 g/mol. The largest absolute Gasteiger partial charge is 0.507 e. The van der Waals surface area contributed by atoms with Crippen LogP contribution in [0.3, 0.4) is 0 Å². The molecule has 5 nitrogen and oxygen atoms in total. The number of para-hydroxylation sites is 1. The Bertz CT molecular complexity index is 1180. The summed E-state index contributed by atoms with van der Waals surface area (Å²) in [7, 11) is 0. The first kappa shape index (κ1) is 29.5. The molecule has 2 N–H and O–H groups in total. The third kappa shape index (κ3) is 6.67. The van der Waals surface area contributed by atoms with Gasteiger partial charge < -0.3 is 14.7 Å². The summed E-state index contributed by atoms with van der Waals surface area (Å²) in [6.07, 6.45) is 4.08. The molecular weight excluding hydrogens is 472 g/mol. The van der Waals surface area contributed by atoms with Crippen LogP contribution in [0.2, 0.25) is 0 Å². The average molecular weight is 519 g/mol. The second-order valence-corrected chi connectivity index (χ2v) is 12.9. The Morgan fingerprint density at radius 1 is 1.11 bits per heavy atom. The van der Waals surface area contributed by atoms with E-state index < -0.39 is 0 Å². The highest BCUT2D eigenvalue weighted by molar-refractivity contribution is 6.06. The van der Waals surface area contributed by atoms with Crippen LogP contribution in [0.15, 0.2) is 42.0 Å². The van der Waals surface area contributed by atoms with Crippen molar-refractivity contribution in [2.45, 2.75) is 92.1 Å². The highest BCUT2D eigenvalue weighted by atomic mass is 16.5. The van der Waals surface area contributed by atoms with Gasteiger partial charge in [0.25, 0.3) is 0 Å². The summed E-state index contributed by atoms with van der Waals surface area (Å²) in [5.74, 6) is 1.63. The Labute approximate surface area is 229 Å². The van der Waals surface area contributed by atoms with Crippen molar-refractivity contribution in [3.8, 4) is 11.5 Å². The predicted molar refractivity (Wildman–Crippen MR) is 158 cm³/mol. The molecule has 0 amide bonds. The highest BCUT2D eigenvalue weighted by Crippen LogP contribution is 2.40. The second-order valence-electron chi connectivity index (χ2n) is 12.9. The summed E-state index contributed by atoms with van der Waals surface area (Å²) in [6.45, 7) is 19.2. The van der Waals surface area contributed by atoms with Crippen molar-refractivity contribution < 1.29 is 14.6 Å². The summed E-state index contributed by atoms with van der Waals surface area (Å²) in [6, 6.07) is 11.6. The second kappa shape index (κ2) is 11.3. The Kier molecular flexibility index (Phi) is 8.80. The fraction of sp³-hybridized carbons (Fsp3) is 0.515. The van der Waals surface area contributed by atoms with E-state index in [1.807, 2.05) is 96.7 Å². The molecule has 0 aliphatic carbocycles. The van der Waals surface area contributed by atoms with Gasteiger partial charge in [-0.1, -0.05) is 73.1 Å². The summed E-state index contributed by atoms with van der Waals surface area (Å²) in [4.78, 5) is 15.6. The number of phenolic OH excluding ortho intramolecular Hbond substituents is 1. The highest BCUT2D eigenvalue weighted by Gasteiger charge is 2.34. The number of carbonyl (C=O) groups excluding carboxylic acids is 1. The molecule has 1 fully saturated rings. The molecule has 1 saturated heterocycles. The number of nitrogens with one attached hydrogen (secondary N) is 1. The number of ether oxygens (including phenoxy) is 1. The molecule has 0 radical (unpaired) electrons. The van der Waals surface area contributed by atoms with Crippen molar-refractivity contribution in [2.75, 3.05) is 13.1 Å².